The molecule has 2 heterocycles. The number of anilines is 2. The van der Waals surface area contributed by atoms with Gasteiger partial charge in [-0.1, -0.05) is 87.4 Å². The van der Waals surface area contributed by atoms with Gasteiger partial charge in [-0.05, 0) is 42.5 Å². The van der Waals surface area contributed by atoms with Gasteiger partial charge >= 0.3 is 0 Å². The largest absolute Gasteiger partial charge is 0.346 e. The molecule has 2 aromatic carbocycles. The van der Waals surface area contributed by atoms with Crippen LogP contribution in [0.5, 0.6) is 0 Å². The van der Waals surface area contributed by atoms with E-state index in [9.17, 15) is 0 Å². The second-order valence-corrected chi connectivity index (χ2v) is 8.61. The van der Waals surface area contributed by atoms with Gasteiger partial charge in [0.05, 0.1) is 11.8 Å². The van der Waals surface area contributed by atoms with Gasteiger partial charge in [0.1, 0.15) is 0 Å². The molecule has 4 aliphatic rings. The molecule has 154 valence electrons. The van der Waals surface area contributed by atoms with Crippen LogP contribution in [0.4, 0.5) is 11.4 Å². The van der Waals surface area contributed by atoms with Crippen molar-refractivity contribution in [3.63, 3.8) is 0 Å². The summed E-state index contributed by atoms with van der Waals surface area (Å²) in [5.74, 6) is 0.670. The second-order valence-electron chi connectivity index (χ2n) is 8.61. The number of nitrogens with zero attached hydrogens (tertiary/aromatic N) is 1. The third kappa shape index (κ3) is 4.19. The average molecular weight is 429 g/mol. The van der Waals surface area contributed by atoms with E-state index >= 15 is 0 Å². The molecule has 0 saturated heterocycles. The minimum absolute atomic E-state index is 0. The number of ether oxygens (including phenoxy) is 1. The van der Waals surface area contributed by atoms with E-state index in [0.29, 0.717) is 5.92 Å². The van der Waals surface area contributed by atoms with Crippen molar-refractivity contribution in [3.05, 3.63) is 65.7 Å². The maximum absolute atomic E-state index is 6.60. The average Bonchev–Trinajstić information content (AvgIpc) is 3.49. The molecule has 2 aromatic rings. The van der Waals surface area contributed by atoms with Gasteiger partial charge in [0.2, 0.25) is 0 Å². The van der Waals surface area contributed by atoms with Crippen molar-refractivity contribution in [2.75, 3.05) is 4.90 Å². The van der Waals surface area contributed by atoms with Gasteiger partial charge in [-0.2, -0.15) is 0 Å². The van der Waals surface area contributed by atoms with Gasteiger partial charge < -0.3 is 9.64 Å². The Morgan fingerprint density at radius 2 is 1.34 bits per heavy atom. The van der Waals surface area contributed by atoms with Gasteiger partial charge in [0.15, 0.2) is 6.23 Å². The van der Waals surface area contributed by atoms with Gasteiger partial charge in [-0.3, -0.25) is 0 Å². The van der Waals surface area contributed by atoms with Crippen LogP contribution in [0.2, 0.25) is 0 Å². The molecule has 2 saturated carbocycles. The van der Waals surface area contributed by atoms with Crippen molar-refractivity contribution < 1.29 is 21.8 Å². The summed E-state index contributed by atoms with van der Waals surface area (Å²) in [6.45, 7) is 0. The van der Waals surface area contributed by atoms with Crippen LogP contribution < -0.4 is 4.90 Å². The molecule has 0 N–H and O–H groups in total. The Morgan fingerprint density at radius 1 is 0.724 bits per heavy atom. The summed E-state index contributed by atoms with van der Waals surface area (Å²) in [6, 6.07) is 17.4. The molecule has 2 nitrogen and oxygen atoms in total. The fourth-order valence-corrected chi connectivity index (χ4v) is 5.31. The molecule has 0 unspecified atom stereocenters. The number of para-hydroxylation sites is 2. The third-order valence-corrected chi connectivity index (χ3v) is 6.76. The number of fused-ring (bicyclic) bond motifs is 5. The van der Waals surface area contributed by atoms with E-state index in [1.807, 2.05) is 0 Å². The molecule has 2 aliphatic carbocycles. The Hall–Kier alpha value is -1.54. The van der Waals surface area contributed by atoms with Crippen LogP contribution >= 0.6 is 0 Å². The van der Waals surface area contributed by atoms with E-state index < -0.39 is 0 Å². The van der Waals surface area contributed by atoms with E-state index in [2.05, 4.69) is 65.6 Å². The summed E-state index contributed by atoms with van der Waals surface area (Å²) in [7, 11) is 0. The number of benzene rings is 2. The van der Waals surface area contributed by atoms with E-state index in [0.717, 1.165) is 0 Å². The normalized spacial score (nSPS) is 24.6. The SMILES string of the molecule is C1=C[C@@H]2O[C@H](C3CCCC3)c3ccccc3N2c2ccccc21.C1CCCC1.[Fe]. The van der Waals surface area contributed by atoms with Crippen molar-refractivity contribution in [2.45, 2.75) is 70.1 Å². The van der Waals surface area contributed by atoms with Crippen LogP contribution in [0, 0.1) is 5.92 Å². The molecular weight excluding hydrogens is 398 g/mol. The maximum Gasteiger partial charge on any atom is 0.154 e. The molecule has 0 radical (unpaired) electrons. The quantitative estimate of drug-likeness (QED) is 0.439. The Morgan fingerprint density at radius 3 is 2.07 bits per heavy atom. The zero-order valence-electron chi connectivity index (χ0n) is 17.1. The second kappa shape index (κ2) is 9.51. The predicted molar refractivity (Wildman–Crippen MR) is 117 cm³/mol. The monoisotopic (exact) mass is 429 g/mol. The van der Waals surface area contributed by atoms with Crippen molar-refractivity contribution in [1.82, 2.24) is 0 Å². The van der Waals surface area contributed by atoms with Crippen LogP contribution in [-0.4, -0.2) is 6.23 Å². The summed E-state index contributed by atoms with van der Waals surface area (Å²) in [6.07, 6.45) is 17.5. The molecule has 6 rings (SSSR count). The predicted octanol–water partition coefficient (Wildman–Crippen LogP) is 7.39. The van der Waals surface area contributed by atoms with Gasteiger partial charge in [-0.15, -0.1) is 0 Å². The molecule has 2 aliphatic heterocycles. The summed E-state index contributed by atoms with van der Waals surface area (Å²) in [4.78, 5) is 2.36. The van der Waals surface area contributed by atoms with Crippen LogP contribution in [0.1, 0.15) is 75.0 Å². The first-order chi connectivity index (χ1) is 13.9. The van der Waals surface area contributed by atoms with Crippen molar-refractivity contribution in [1.29, 1.82) is 0 Å². The topological polar surface area (TPSA) is 12.5 Å². The van der Waals surface area contributed by atoms with Crippen LogP contribution in [0.15, 0.2) is 54.6 Å². The third-order valence-electron chi connectivity index (χ3n) is 6.76. The molecule has 29 heavy (non-hydrogen) atoms. The first-order valence-corrected chi connectivity index (χ1v) is 11.2. The van der Waals surface area contributed by atoms with Gasteiger partial charge in [-0.25, -0.2) is 0 Å². The molecule has 3 heteroatoms. The molecule has 0 aromatic heterocycles. The minimum Gasteiger partial charge on any atom is -0.346 e. The zero-order valence-corrected chi connectivity index (χ0v) is 18.2. The minimum atomic E-state index is 0. The van der Waals surface area contributed by atoms with Gasteiger partial charge in [0.25, 0.3) is 0 Å². The number of hydrogen-bond donors (Lipinski definition) is 0. The van der Waals surface area contributed by atoms with Crippen molar-refractivity contribution in [3.8, 4) is 0 Å². The van der Waals surface area contributed by atoms with Crippen molar-refractivity contribution >= 4 is 17.5 Å². The Balaban J connectivity index is 0.000000301. The molecular formula is C26H31FeNO. The van der Waals surface area contributed by atoms with Crippen LogP contribution in [0.3, 0.4) is 0 Å². The molecule has 0 bridgehead atoms. The Kier molecular flexibility index (Phi) is 6.80. The zero-order chi connectivity index (χ0) is 18.8. The molecule has 0 spiro atoms. The number of hydrogen-bond acceptors (Lipinski definition) is 2. The van der Waals surface area contributed by atoms with Crippen molar-refractivity contribution in [2.24, 2.45) is 5.92 Å². The van der Waals surface area contributed by atoms with Crippen LogP contribution in [0.25, 0.3) is 6.08 Å². The molecule has 0 amide bonds. The number of rotatable bonds is 1. The Bertz CT molecular complexity index is 830. The molecule has 2 atom stereocenters. The van der Waals surface area contributed by atoms with E-state index in [1.54, 1.807) is 0 Å². The van der Waals surface area contributed by atoms with Crippen LogP contribution in [-0.2, 0) is 21.8 Å². The smallest absolute Gasteiger partial charge is 0.154 e. The maximum atomic E-state index is 6.60. The van der Waals surface area contributed by atoms with E-state index in [4.69, 9.17) is 4.74 Å². The molecule has 2 fully saturated rings. The van der Waals surface area contributed by atoms with E-state index in [-0.39, 0.29) is 29.4 Å². The fourth-order valence-electron chi connectivity index (χ4n) is 5.31. The standard InChI is InChI=1S/C21H21NO.C5H10.Fe/c1-2-9-16(8-1)21-17-10-4-6-12-19(17)22-18-11-5-3-7-15(18)13-14-20(22)23-21;1-2-4-5-3-1;/h3-7,10-14,16,20-21H,1-2,8-9H2;1-5H2;/t20-,21+;;/m0../s1. The summed E-state index contributed by atoms with van der Waals surface area (Å²) >= 11 is 0. The summed E-state index contributed by atoms with van der Waals surface area (Å²) in [5, 5.41) is 0. The van der Waals surface area contributed by atoms with Gasteiger partial charge in [0, 0.05) is 28.3 Å². The fraction of sp³-hybridized carbons (Fsp3) is 0.462. The first kappa shape index (κ1) is 20.7. The van der Waals surface area contributed by atoms with E-state index in [1.165, 1.54) is 80.3 Å². The summed E-state index contributed by atoms with van der Waals surface area (Å²) < 4.78 is 6.60. The first-order valence-electron chi connectivity index (χ1n) is 11.2. The Labute approximate surface area is 185 Å². The summed E-state index contributed by atoms with van der Waals surface area (Å²) in [5.41, 5.74) is 5.19.